The summed E-state index contributed by atoms with van der Waals surface area (Å²) in [5, 5.41) is 0.794. The summed E-state index contributed by atoms with van der Waals surface area (Å²) < 4.78 is 5.66. The van der Waals surface area contributed by atoms with Crippen molar-refractivity contribution in [2.24, 2.45) is 0 Å². The zero-order valence-electron chi connectivity index (χ0n) is 11.3. The van der Waals surface area contributed by atoms with E-state index in [2.05, 4.69) is 0 Å². The quantitative estimate of drug-likeness (QED) is 0.787. The third kappa shape index (κ3) is 2.93. The van der Waals surface area contributed by atoms with Gasteiger partial charge in [-0.1, -0.05) is 23.2 Å². The minimum Gasteiger partial charge on any atom is -0.463 e. The summed E-state index contributed by atoms with van der Waals surface area (Å²) >= 11 is 13.7. The monoisotopic (exact) mass is 341 g/mol. The minimum absolute atomic E-state index is 0.0966. The third-order valence-electron chi connectivity index (χ3n) is 3.32. The van der Waals surface area contributed by atoms with Gasteiger partial charge in [-0.3, -0.25) is 4.79 Å². The lowest BCUT2D eigenvalue weighted by atomic mass is 10.2. The van der Waals surface area contributed by atoms with Gasteiger partial charge in [0.15, 0.2) is 0 Å². The summed E-state index contributed by atoms with van der Waals surface area (Å²) in [6.07, 6.45) is 0. The van der Waals surface area contributed by atoms with Gasteiger partial charge < -0.3 is 9.32 Å². The van der Waals surface area contributed by atoms with Crippen LogP contribution in [0, 0.1) is 6.92 Å². The molecule has 1 unspecified atom stereocenters. The maximum Gasteiger partial charge on any atom is 0.256 e. The van der Waals surface area contributed by atoms with Crippen LogP contribution in [0.2, 0.25) is 10.0 Å². The molecule has 1 fully saturated rings. The van der Waals surface area contributed by atoms with Crippen molar-refractivity contribution in [1.29, 1.82) is 0 Å². The number of amides is 1. The molecule has 21 heavy (non-hydrogen) atoms. The Morgan fingerprint density at radius 2 is 2.14 bits per heavy atom. The highest BCUT2D eigenvalue weighted by molar-refractivity contribution is 7.99. The molecule has 1 aliphatic rings. The van der Waals surface area contributed by atoms with E-state index in [1.807, 2.05) is 19.1 Å². The van der Waals surface area contributed by atoms with Gasteiger partial charge in [0.2, 0.25) is 0 Å². The first-order valence-corrected chi connectivity index (χ1v) is 8.30. The van der Waals surface area contributed by atoms with Crippen LogP contribution in [0.15, 0.2) is 34.7 Å². The molecule has 1 atom stereocenters. The van der Waals surface area contributed by atoms with Gasteiger partial charge in [0.05, 0.1) is 10.6 Å². The van der Waals surface area contributed by atoms with Crippen molar-refractivity contribution in [2.45, 2.75) is 12.3 Å². The fourth-order valence-corrected chi connectivity index (χ4v) is 4.00. The Hall–Kier alpha value is -1.10. The summed E-state index contributed by atoms with van der Waals surface area (Å²) in [7, 11) is 0. The van der Waals surface area contributed by atoms with E-state index < -0.39 is 0 Å². The summed E-state index contributed by atoms with van der Waals surface area (Å²) in [5.41, 5.74) is 0.469. The molecule has 1 aromatic heterocycles. The van der Waals surface area contributed by atoms with E-state index in [9.17, 15) is 4.79 Å². The topological polar surface area (TPSA) is 33.5 Å². The first kappa shape index (κ1) is 14.8. The van der Waals surface area contributed by atoms with E-state index >= 15 is 0 Å². The second-order valence-corrected chi connectivity index (χ2v) is 6.83. The number of hydrogen-bond acceptors (Lipinski definition) is 3. The number of carbonyl (C=O) groups excluding carboxylic acids is 1. The van der Waals surface area contributed by atoms with E-state index in [1.165, 1.54) is 0 Å². The molecule has 0 aliphatic carbocycles. The Labute approximate surface area is 137 Å². The van der Waals surface area contributed by atoms with Crippen molar-refractivity contribution < 1.29 is 9.21 Å². The number of thioether (sulfide) groups is 1. The molecule has 1 saturated heterocycles. The molecule has 0 spiro atoms. The standard InChI is InChI=1S/C15H13Cl2NO2S/c1-9-2-5-13(20-9)15-18(6-7-21-15)14(19)11-4-3-10(16)8-12(11)17/h2-5,8,15H,6-7H2,1H3. The lowest BCUT2D eigenvalue weighted by Gasteiger charge is -2.22. The van der Waals surface area contributed by atoms with E-state index in [0.29, 0.717) is 22.2 Å². The smallest absolute Gasteiger partial charge is 0.256 e. The molecule has 0 bridgehead atoms. The molecule has 110 valence electrons. The molecule has 1 aromatic carbocycles. The molecule has 3 nitrogen and oxygen atoms in total. The SMILES string of the molecule is Cc1ccc(C2SCCN2C(=O)c2ccc(Cl)cc2Cl)o1. The van der Waals surface area contributed by atoms with Gasteiger partial charge in [0, 0.05) is 17.3 Å². The van der Waals surface area contributed by atoms with Gasteiger partial charge in [-0.25, -0.2) is 0 Å². The van der Waals surface area contributed by atoms with Crippen LogP contribution in [0.1, 0.15) is 27.3 Å². The lowest BCUT2D eigenvalue weighted by molar-refractivity contribution is 0.0749. The van der Waals surface area contributed by atoms with Crippen LogP contribution in [0.3, 0.4) is 0 Å². The van der Waals surface area contributed by atoms with Crippen molar-refractivity contribution >= 4 is 40.9 Å². The zero-order chi connectivity index (χ0) is 15.0. The minimum atomic E-state index is -0.0991. The molecule has 1 amide bonds. The molecule has 0 saturated carbocycles. The first-order valence-electron chi connectivity index (χ1n) is 6.50. The number of hydrogen-bond donors (Lipinski definition) is 0. The van der Waals surface area contributed by atoms with Crippen LogP contribution in [-0.2, 0) is 0 Å². The Morgan fingerprint density at radius 1 is 1.33 bits per heavy atom. The van der Waals surface area contributed by atoms with Crippen molar-refractivity contribution in [2.75, 3.05) is 12.3 Å². The van der Waals surface area contributed by atoms with Crippen molar-refractivity contribution in [3.05, 3.63) is 57.5 Å². The van der Waals surface area contributed by atoms with Crippen LogP contribution in [0.4, 0.5) is 0 Å². The highest BCUT2D eigenvalue weighted by atomic mass is 35.5. The van der Waals surface area contributed by atoms with Gasteiger partial charge in [-0.05, 0) is 37.3 Å². The number of aryl methyl sites for hydroxylation is 1. The van der Waals surface area contributed by atoms with Gasteiger partial charge in [0.1, 0.15) is 16.9 Å². The predicted molar refractivity (Wildman–Crippen MR) is 86.1 cm³/mol. The van der Waals surface area contributed by atoms with Gasteiger partial charge >= 0.3 is 0 Å². The van der Waals surface area contributed by atoms with Crippen molar-refractivity contribution in [3.63, 3.8) is 0 Å². The zero-order valence-corrected chi connectivity index (χ0v) is 13.6. The van der Waals surface area contributed by atoms with E-state index in [1.54, 1.807) is 34.9 Å². The average Bonchev–Trinajstić information content (AvgIpc) is 3.06. The van der Waals surface area contributed by atoms with Gasteiger partial charge in [0.25, 0.3) is 5.91 Å². The first-order chi connectivity index (χ1) is 10.1. The van der Waals surface area contributed by atoms with Gasteiger partial charge in [-0.15, -0.1) is 11.8 Å². The van der Waals surface area contributed by atoms with Crippen LogP contribution in [-0.4, -0.2) is 23.1 Å². The highest BCUT2D eigenvalue weighted by Gasteiger charge is 2.34. The molecule has 2 aromatic rings. The molecule has 6 heteroatoms. The Kier molecular flexibility index (Phi) is 4.20. The Balaban J connectivity index is 1.89. The maximum atomic E-state index is 12.7. The number of carbonyl (C=O) groups is 1. The summed E-state index contributed by atoms with van der Waals surface area (Å²) in [4.78, 5) is 14.5. The number of nitrogens with zero attached hydrogens (tertiary/aromatic N) is 1. The lowest BCUT2D eigenvalue weighted by Crippen LogP contribution is -2.30. The fraction of sp³-hybridized carbons (Fsp3) is 0.267. The third-order valence-corrected chi connectivity index (χ3v) is 5.09. The summed E-state index contributed by atoms with van der Waals surface area (Å²) in [6.45, 7) is 2.57. The molecule has 0 radical (unpaired) electrons. The summed E-state index contributed by atoms with van der Waals surface area (Å²) in [5.74, 6) is 2.42. The normalized spacial score (nSPS) is 18.2. The van der Waals surface area contributed by atoms with E-state index in [-0.39, 0.29) is 11.3 Å². The maximum absolute atomic E-state index is 12.7. The molecule has 3 rings (SSSR count). The highest BCUT2D eigenvalue weighted by Crippen LogP contribution is 2.40. The summed E-state index contributed by atoms with van der Waals surface area (Å²) in [6, 6.07) is 8.76. The van der Waals surface area contributed by atoms with Crippen LogP contribution >= 0.6 is 35.0 Å². The number of rotatable bonds is 2. The molecule has 1 aliphatic heterocycles. The second-order valence-electron chi connectivity index (χ2n) is 4.79. The van der Waals surface area contributed by atoms with Crippen molar-refractivity contribution in [3.8, 4) is 0 Å². The number of benzene rings is 1. The molecule has 2 heterocycles. The van der Waals surface area contributed by atoms with E-state index in [4.69, 9.17) is 27.6 Å². The number of furan rings is 1. The van der Waals surface area contributed by atoms with Crippen molar-refractivity contribution in [1.82, 2.24) is 4.90 Å². The fourth-order valence-electron chi connectivity index (χ4n) is 2.32. The van der Waals surface area contributed by atoms with Crippen LogP contribution < -0.4 is 0 Å². The van der Waals surface area contributed by atoms with Crippen LogP contribution in [0.5, 0.6) is 0 Å². The Morgan fingerprint density at radius 3 is 2.81 bits per heavy atom. The largest absolute Gasteiger partial charge is 0.463 e. The number of halogens is 2. The van der Waals surface area contributed by atoms with Gasteiger partial charge in [-0.2, -0.15) is 0 Å². The van der Waals surface area contributed by atoms with Crippen LogP contribution in [0.25, 0.3) is 0 Å². The van der Waals surface area contributed by atoms with E-state index in [0.717, 1.165) is 17.3 Å². The molecular weight excluding hydrogens is 329 g/mol. The second kappa shape index (κ2) is 5.95. The molecular formula is C15H13Cl2NO2S. The Bertz CT molecular complexity index is 686. The average molecular weight is 342 g/mol. The predicted octanol–water partition coefficient (Wildman–Crippen LogP) is 4.78. The molecule has 0 N–H and O–H groups in total.